The smallest absolute Gasteiger partial charge is 0.295 e. The van der Waals surface area contributed by atoms with Crippen LogP contribution in [0.4, 0.5) is 5.69 Å². The van der Waals surface area contributed by atoms with Gasteiger partial charge >= 0.3 is 0 Å². The number of imidazole rings is 1. The number of hydrogen-bond acceptors (Lipinski definition) is 2. The molecule has 1 aliphatic rings. The van der Waals surface area contributed by atoms with Gasteiger partial charge in [-0.3, -0.25) is 0 Å². The van der Waals surface area contributed by atoms with Crippen LogP contribution in [-0.2, 0) is 7.05 Å². The highest BCUT2D eigenvalue weighted by Gasteiger charge is 2.32. The molecule has 0 N–H and O–H groups in total. The maximum atomic E-state index is 2.53. The molecule has 0 amide bonds. The lowest BCUT2D eigenvalue weighted by molar-refractivity contribution is -0.633. The quantitative estimate of drug-likeness (QED) is 0.280. The van der Waals surface area contributed by atoms with Crippen molar-refractivity contribution >= 4 is 16.7 Å². The largest absolute Gasteiger partial charge is 0.359 e. The van der Waals surface area contributed by atoms with E-state index < -0.39 is 0 Å². The Hall–Kier alpha value is -3.53. The molecule has 5 rings (SSSR count). The molecule has 0 bridgehead atoms. The van der Waals surface area contributed by atoms with Crippen LogP contribution in [0.1, 0.15) is 63.1 Å². The third kappa shape index (κ3) is 3.71. The number of benzene rings is 3. The van der Waals surface area contributed by atoms with Crippen LogP contribution in [0.3, 0.4) is 0 Å². The summed E-state index contributed by atoms with van der Waals surface area (Å²) in [5, 5.41) is 0. The average Bonchev–Trinajstić information content (AvgIpc) is 3.34. The van der Waals surface area contributed by atoms with E-state index in [0.717, 1.165) is 0 Å². The Kier molecular flexibility index (Phi) is 6.15. The SMILES string of the molecule is Cc1c(-c2n(-c3c(C(C)C)cccc3C(C)C)c3ccccc3[n+]2C)cccc1N1C=CN(C)[C@@H]1C. The highest BCUT2D eigenvalue weighted by Crippen LogP contribution is 2.39. The Bertz CT molecular complexity index is 1430. The van der Waals surface area contributed by atoms with Gasteiger partial charge in [0.2, 0.25) is 0 Å². The average molecular weight is 480 g/mol. The highest BCUT2D eigenvalue weighted by atomic mass is 15.4. The number of para-hydroxylation sites is 3. The molecule has 4 aromatic rings. The van der Waals surface area contributed by atoms with Gasteiger partial charge in [-0.05, 0) is 55.5 Å². The first-order chi connectivity index (χ1) is 17.2. The van der Waals surface area contributed by atoms with E-state index in [2.05, 4.69) is 148 Å². The van der Waals surface area contributed by atoms with Crippen LogP contribution in [0.15, 0.2) is 73.1 Å². The van der Waals surface area contributed by atoms with Gasteiger partial charge in [-0.1, -0.05) is 64.1 Å². The van der Waals surface area contributed by atoms with Gasteiger partial charge in [0.15, 0.2) is 11.0 Å². The molecule has 0 fully saturated rings. The Morgan fingerprint density at radius 3 is 2.06 bits per heavy atom. The predicted octanol–water partition coefficient (Wildman–Crippen LogP) is 7.25. The number of hydrogen-bond donors (Lipinski definition) is 0. The van der Waals surface area contributed by atoms with Crippen LogP contribution in [0.5, 0.6) is 0 Å². The summed E-state index contributed by atoms with van der Waals surface area (Å²) < 4.78 is 4.90. The maximum absolute atomic E-state index is 2.53. The summed E-state index contributed by atoms with van der Waals surface area (Å²) in [6.45, 7) is 13.7. The van der Waals surface area contributed by atoms with E-state index in [1.165, 1.54) is 50.5 Å². The van der Waals surface area contributed by atoms with Crippen molar-refractivity contribution in [3.8, 4) is 17.1 Å². The summed E-state index contributed by atoms with van der Waals surface area (Å²) in [6, 6.07) is 22.4. The van der Waals surface area contributed by atoms with Gasteiger partial charge in [0.25, 0.3) is 5.82 Å². The minimum atomic E-state index is 0.285. The molecule has 4 heteroatoms. The van der Waals surface area contributed by atoms with Crippen molar-refractivity contribution in [1.82, 2.24) is 9.47 Å². The lowest BCUT2D eigenvalue weighted by Gasteiger charge is -2.28. The minimum Gasteiger partial charge on any atom is -0.359 e. The lowest BCUT2D eigenvalue weighted by atomic mass is 9.92. The minimum absolute atomic E-state index is 0.285. The van der Waals surface area contributed by atoms with Crippen LogP contribution in [0.25, 0.3) is 28.1 Å². The van der Waals surface area contributed by atoms with E-state index in [1.807, 2.05) is 0 Å². The van der Waals surface area contributed by atoms with Gasteiger partial charge < -0.3 is 9.80 Å². The molecule has 0 spiro atoms. The Balaban J connectivity index is 1.87. The summed E-state index contributed by atoms with van der Waals surface area (Å²) >= 11 is 0. The van der Waals surface area contributed by atoms with Gasteiger partial charge in [-0.25, -0.2) is 4.57 Å². The van der Waals surface area contributed by atoms with E-state index in [1.54, 1.807) is 0 Å². The van der Waals surface area contributed by atoms with E-state index in [4.69, 9.17) is 0 Å². The van der Waals surface area contributed by atoms with Crippen molar-refractivity contribution in [1.29, 1.82) is 0 Å². The molecule has 0 saturated carbocycles. The molecule has 186 valence electrons. The Labute approximate surface area is 216 Å². The van der Waals surface area contributed by atoms with E-state index >= 15 is 0 Å². The number of nitrogens with zero attached hydrogens (tertiary/aromatic N) is 4. The molecule has 0 radical (unpaired) electrons. The maximum Gasteiger partial charge on any atom is 0.295 e. The lowest BCUT2D eigenvalue weighted by Crippen LogP contribution is -2.34. The summed E-state index contributed by atoms with van der Waals surface area (Å²) in [7, 11) is 4.34. The third-order valence-corrected chi connectivity index (χ3v) is 7.86. The van der Waals surface area contributed by atoms with Crippen LogP contribution < -0.4 is 9.47 Å². The Morgan fingerprint density at radius 2 is 1.44 bits per heavy atom. The fourth-order valence-corrected chi connectivity index (χ4v) is 5.66. The van der Waals surface area contributed by atoms with Crippen molar-refractivity contribution in [3.05, 3.63) is 89.8 Å². The molecule has 4 nitrogen and oxygen atoms in total. The number of aromatic nitrogens is 2. The Morgan fingerprint density at radius 1 is 0.806 bits per heavy atom. The van der Waals surface area contributed by atoms with Crippen molar-refractivity contribution in [2.45, 2.75) is 59.5 Å². The fourth-order valence-electron chi connectivity index (χ4n) is 5.66. The van der Waals surface area contributed by atoms with Crippen molar-refractivity contribution in [3.63, 3.8) is 0 Å². The standard InChI is InChI=1S/C32H39N4/c1-21(2)25-13-11-14-26(22(3)4)31(25)36-30-17-10-9-16-29(30)34(8)32(36)27-15-12-18-28(23(27)5)35-20-19-33(7)24(35)6/h9-22,24H,1-8H3/q+1/t24-/m0/s1. The van der Waals surface area contributed by atoms with Gasteiger partial charge in [0, 0.05) is 36.3 Å². The zero-order valence-electron chi connectivity index (χ0n) is 22.9. The normalized spacial score (nSPS) is 15.8. The summed E-state index contributed by atoms with van der Waals surface area (Å²) in [6.07, 6.45) is 4.63. The van der Waals surface area contributed by atoms with E-state index in [0.29, 0.717) is 11.8 Å². The van der Waals surface area contributed by atoms with E-state index in [-0.39, 0.29) is 6.17 Å². The van der Waals surface area contributed by atoms with Crippen molar-refractivity contribution < 1.29 is 4.57 Å². The van der Waals surface area contributed by atoms with Gasteiger partial charge in [0.05, 0.1) is 12.6 Å². The van der Waals surface area contributed by atoms with Crippen LogP contribution >= 0.6 is 0 Å². The number of aryl methyl sites for hydroxylation is 1. The molecule has 36 heavy (non-hydrogen) atoms. The first kappa shape index (κ1) is 24.2. The van der Waals surface area contributed by atoms with Gasteiger partial charge in [-0.15, -0.1) is 0 Å². The zero-order chi connectivity index (χ0) is 25.7. The molecule has 0 aliphatic carbocycles. The second-order valence-corrected chi connectivity index (χ2v) is 10.8. The topological polar surface area (TPSA) is 15.3 Å². The second-order valence-electron chi connectivity index (χ2n) is 10.8. The molecule has 1 atom stereocenters. The number of anilines is 1. The summed E-state index contributed by atoms with van der Waals surface area (Å²) in [5.74, 6) is 2.04. The molecular formula is C32H39N4+. The first-order valence-corrected chi connectivity index (χ1v) is 13.1. The molecule has 2 heterocycles. The number of rotatable bonds is 5. The molecule has 1 aromatic heterocycles. The van der Waals surface area contributed by atoms with Crippen molar-refractivity contribution in [2.75, 3.05) is 11.9 Å². The molecular weight excluding hydrogens is 440 g/mol. The van der Waals surface area contributed by atoms with Crippen LogP contribution in [0, 0.1) is 6.92 Å². The number of fused-ring (bicyclic) bond motifs is 1. The van der Waals surface area contributed by atoms with Crippen LogP contribution in [0.2, 0.25) is 0 Å². The molecule has 0 saturated heterocycles. The molecule has 3 aromatic carbocycles. The van der Waals surface area contributed by atoms with Crippen molar-refractivity contribution in [2.24, 2.45) is 7.05 Å². The summed E-state index contributed by atoms with van der Waals surface area (Å²) in [5.41, 5.74) is 10.4. The first-order valence-electron chi connectivity index (χ1n) is 13.1. The molecule has 0 unspecified atom stereocenters. The van der Waals surface area contributed by atoms with E-state index in [9.17, 15) is 0 Å². The monoisotopic (exact) mass is 479 g/mol. The zero-order valence-corrected chi connectivity index (χ0v) is 22.9. The van der Waals surface area contributed by atoms with Gasteiger partial charge in [0.1, 0.15) is 11.9 Å². The third-order valence-electron chi connectivity index (χ3n) is 7.86. The highest BCUT2D eigenvalue weighted by molar-refractivity contribution is 5.82. The van der Waals surface area contributed by atoms with Gasteiger partial charge in [-0.2, -0.15) is 4.57 Å². The van der Waals surface area contributed by atoms with Crippen LogP contribution in [-0.4, -0.2) is 22.7 Å². The molecule has 1 aliphatic heterocycles. The predicted molar refractivity (Wildman–Crippen MR) is 152 cm³/mol. The fraction of sp³-hybridized carbons (Fsp3) is 0.344. The second kappa shape index (κ2) is 9.16. The summed E-state index contributed by atoms with van der Waals surface area (Å²) in [4.78, 5) is 4.62.